The van der Waals surface area contributed by atoms with Crippen LogP contribution in [0.3, 0.4) is 0 Å². The minimum absolute atomic E-state index is 0.219. The lowest BCUT2D eigenvalue weighted by Crippen LogP contribution is -2.03. The first-order valence-corrected chi connectivity index (χ1v) is 7.07. The zero-order valence-corrected chi connectivity index (χ0v) is 11.9. The van der Waals surface area contributed by atoms with Crippen LogP contribution in [0.25, 0.3) is 11.6 Å². The third kappa shape index (κ3) is 3.74. The number of epoxide rings is 1. The van der Waals surface area contributed by atoms with Gasteiger partial charge in [0.25, 0.3) is 0 Å². The lowest BCUT2D eigenvalue weighted by Gasteiger charge is -2.05. The third-order valence-electron chi connectivity index (χ3n) is 3.34. The van der Waals surface area contributed by atoms with Gasteiger partial charge in [-0.05, 0) is 29.3 Å². The second-order valence-corrected chi connectivity index (χ2v) is 5.06. The van der Waals surface area contributed by atoms with E-state index in [1.165, 1.54) is 0 Å². The topological polar surface area (TPSA) is 59.1 Å². The van der Waals surface area contributed by atoms with Crippen molar-refractivity contribution < 1.29 is 19.4 Å². The Morgan fingerprint density at radius 3 is 2.45 bits per heavy atom. The van der Waals surface area contributed by atoms with Gasteiger partial charge in [-0.3, -0.25) is 0 Å². The van der Waals surface area contributed by atoms with Gasteiger partial charge in [-0.2, -0.15) is 0 Å². The maximum absolute atomic E-state index is 11.4. The molecular weight excluding hydrogens is 280 g/mol. The van der Waals surface area contributed by atoms with Gasteiger partial charge in [0.1, 0.15) is 18.5 Å². The number of hydrogen-bond acceptors (Lipinski definition) is 3. The molecule has 1 aliphatic heterocycles. The highest BCUT2D eigenvalue weighted by molar-refractivity contribution is 6.20. The highest BCUT2D eigenvalue weighted by Gasteiger charge is 2.22. The molecule has 112 valence electrons. The van der Waals surface area contributed by atoms with Crippen LogP contribution in [0, 0.1) is 0 Å². The van der Waals surface area contributed by atoms with Crippen LogP contribution in [-0.4, -0.2) is 30.4 Å². The van der Waals surface area contributed by atoms with Crippen LogP contribution in [0.5, 0.6) is 5.75 Å². The predicted molar refractivity (Wildman–Crippen MR) is 83.6 cm³/mol. The minimum atomic E-state index is -0.947. The molecule has 4 nitrogen and oxygen atoms in total. The summed E-state index contributed by atoms with van der Waals surface area (Å²) in [5, 5.41) is 9.39. The van der Waals surface area contributed by atoms with E-state index in [4.69, 9.17) is 9.47 Å². The van der Waals surface area contributed by atoms with Crippen molar-refractivity contribution in [1.29, 1.82) is 0 Å². The van der Waals surface area contributed by atoms with Crippen molar-refractivity contribution in [2.45, 2.75) is 6.10 Å². The Kier molecular flexibility index (Phi) is 4.21. The zero-order chi connectivity index (χ0) is 15.4. The molecule has 0 spiro atoms. The molecule has 0 bridgehead atoms. The molecule has 1 fully saturated rings. The molecule has 1 N–H and O–H groups in total. The van der Waals surface area contributed by atoms with E-state index in [9.17, 15) is 9.90 Å². The van der Waals surface area contributed by atoms with Gasteiger partial charge in [0.2, 0.25) is 0 Å². The van der Waals surface area contributed by atoms with Crippen LogP contribution in [0.15, 0.2) is 54.6 Å². The zero-order valence-electron chi connectivity index (χ0n) is 11.9. The van der Waals surface area contributed by atoms with E-state index < -0.39 is 5.97 Å². The van der Waals surface area contributed by atoms with Crippen molar-refractivity contribution in [3.8, 4) is 5.75 Å². The molecule has 4 heteroatoms. The lowest BCUT2D eigenvalue weighted by atomic mass is 10.0. The molecule has 2 aromatic rings. The summed E-state index contributed by atoms with van der Waals surface area (Å²) in [6.45, 7) is 1.32. The number of carbonyl (C=O) groups is 1. The number of carboxylic acid groups (broad SMARTS) is 1. The van der Waals surface area contributed by atoms with E-state index in [-0.39, 0.29) is 11.7 Å². The molecule has 1 saturated heterocycles. The summed E-state index contributed by atoms with van der Waals surface area (Å²) in [4.78, 5) is 11.4. The minimum Gasteiger partial charge on any atom is -0.491 e. The van der Waals surface area contributed by atoms with Gasteiger partial charge >= 0.3 is 5.97 Å². The second-order valence-electron chi connectivity index (χ2n) is 5.06. The SMILES string of the molecule is O=C(O)/C(=C\c1ccc(OCC2CO2)cc1)c1ccccc1. The Hall–Kier alpha value is -2.59. The van der Waals surface area contributed by atoms with Gasteiger partial charge < -0.3 is 14.6 Å². The Bertz CT molecular complexity index is 670. The molecule has 0 aliphatic carbocycles. The molecule has 0 saturated carbocycles. The first kappa shape index (κ1) is 14.4. The fourth-order valence-corrected chi connectivity index (χ4v) is 2.07. The Morgan fingerprint density at radius 2 is 1.86 bits per heavy atom. The third-order valence-corrected chi connectivity index (χ3v) is 3.34. The van der Waals surface area contributed by atoms with Crippen LogP contribution in [-0.2, 0) is 9.53 Å². The fourth-order valence-electron chi connectivity index (χ4n) is 2.07. The lowest BCUT2D eigenvalue weighted by molar-refractivity contribution is -0.130. The van der Waals surface area contributed by atoms with E-state index in [0.29, 0.717) is 12.2 Å². The summed E-state index contributed by atoms with van der Waals surface area (Å²) in [7, 11) is 0. The molecule has 0 radical (unpaired) electrons. The Labute approximate surface area is 128 Å². The predicted octanol–water partition coefficient (Wildman–Crippen LogP) is 3.09. The first-order chi connectivity index (χ1) is 10.7. The van der Waals surface area contributed by atoms with Gasteiger partial charge in [-0.25, -0.2) is 4.79 Å². The van der Waals surface area contributed by atoms with Gasteiger partial charge in [0.15, 0.2) is 0 Å². The van der Waals surface area contributed by atoms with Crippen molar-refractivity contribution in [2.24, 2.45) is 0 Å². The molecule has 1 heterocycles. The summed E-state index contributed by atoms with van der Waals surface area (Å²) in [6, 6.07) is 16.4. The van der Waals surface area contributed by atoms with Crippen molar-refractivity contribution in [2.75, 3.05) is 13.2 Å². The van der Waals surface area contributed by atoms with Gasteiger partial charge in [0, 0.05) is 0 Å². The van der Waals surface area contributed by atoms with E-state index in [1.807, 2.05) is 42.5 Å². The maximum Gasteiger partial charge on any atom is 0.336 e. The summed E-state index contributed by atoms with van der Waals surface area (Å²) < 4.78 is 10.6. The van der Waals surface area contributed by atoms with Gasteiger partial charge in [-0.1, -0.05) is 42.5 Å². The van der Waals surface area contributed by atoms with Crippen LogP contribution in [0.4, 0.5) is 0 Å². The average molecular weight is 296 g/mol. The van der Waals surface area contributed by atoms with Crippen LogP contribution >= 0.6 is 0 Å². The van der Waals surface area contributed by atoms with Crippen LogP contribution < -0.4 is 4.74 Å². The monoisotopic (exact) mass is 296 g/mol. The number of carboxylic acids is 1. The average Bonchev–Trinajstić information content (AvgIpc) is 3.36. The van der Waals surface area contributed by atoms with Crippen molar-refractivity contribution >= 4 is 17.6 Å². The molecule has 22 heavy (non-hydrogen) atoms. The van der Waals surface area contributed by atoms with Gasteiger partial charge in [0.05, 0.1) is 12.2 Å². The molecule has 3 rings (SSSR count). The summed E-state index contributed by atoms with van der Waals surface area (Å²) >= 11 is 0. The standard InChI is InChI=1S/C18H16O4/c19-18(20)17(14-4-2-1-3-5-14)10-13-6-8-15(9-7-13)21-11-16-12-22-16/h1-10,16H,11-12H2,(H,19,20)/b17-10-. The number of hydrogen-bond donors (Lipinski definition) is 1. The fraction of sp³-hybridized carbons (Fsp3) is 0.167. The van der Waals surface area contributed by atoms with Crippen molar-refractivity contribution in [3.63, 3.8) is 0 Å². The first-order valence-electron chi connectivity index (χ1n) is 7.07. The number of ether oxygens (including phenoxy) is 2. The Balaban J connectivity index is 1.77. The summed E-state index contributed by atoms with van der Waals surface area (Å²) in [6.07, 6.45) is 1.88. The van der Waals surface area contributed by atoms with E-state index in [1.54, 1.807) is 18.2 Å². The highest BCUT2D eigenvalue weighted by Crippen LogP contribution is 2.21. The Morgan fingerprint density at radius 1 is 1.18 bits per heavy atom. The highest BCUT2D eigenvalue weighted by atomic mass is 16.6. The molecule has 0 aromatic heterocycles. The maximum atomic E-state index is 11.4. The van der Waals surface area contributed by atoms with E-state index >= 15 is 0 Å². The molecule has 1 atom stereocenters. The number of aliphatic carboxylic acids is 1. The van der Waals surface area contributed by atoms with Gasteiger partial charge in [-0.15, -0.1) is 0 Å². The van der Waals surface area contributed by atoms with Crippen LogP contribution in [0.2, 0.25) is 0 Å². The number of rotatable bonds is 6. The summed E-state index contributed by atoms with van der Waals surface area (Å²) in [5.41, 5.74) is 1.76. The molecule has 0 amide bonds. The molecular formula is C18H16O4. The smallest absolute Gasteiger partial charge is 0.336 e. The number of benzene rings is 2. The quantitative estimate of drug-likeness (QED) is 0.505. The summed E-state index contributed by atoms with van der Waals surface area (Å²) in [5.74, 6) is -0.193. The van der Waals surface area contributed by atoms with E-state index in [2.05, 4.69) is 0 Å². The second kappa shape index (κ2) is 6.45. The molecule has 2 aromatic carbocycles. The largest absolute Gasteiger partial charge is 0.491 e. The van der Waals surface area contributed by atoms with Crippen molar-refractivity contribution in [1.82, 2.24) is 0 Å². The van der Waals surface area contributed by atoms with Crippen molar-refractivity contribution in [3.05, 3.63) is 65.7 Å². The van der Waals surface area contributed by atoms with Crippen LogP contribution in [0.1, 0.15) is 11.1 Å². The molecule has 1 aliphatic rings. The normalized spacial score (nSPS) is 17.1. The van der Waals surface area contributed by atoms with E-state index in [0.717, 1.165) is 17.9 Å². The molecule has 1 unspecified atom stereocenters.